The Morgan fingerprint density at radius 3 is 2.58 bits per heavy atom. The summed E-state index contributed by atoms with van der Waals surface area (Å²) in [5.74, 6) is 0. The van der Waals surface area contributed by atoms with Gasteiger partial charge in [-0.05, 0) is 6.42 Å². The minimum absolute atomic E-state index is 0.0412. The van der Waals surface area contributed by atoms with Crippen LogP contribution in [0.1, 0.15) is 19.8 Å². The Labute approximate surface area is 71.8 Å². The molecule has 0 aromatic rings. The first-order valence-electron chi connectivity index (χ1n) is 4.31. The average Bonchev–Trinajstić information content (AvgIpc) is 2.09. The summed E-state index contributed by atoms with van der Waals surface area (Å²) in [4.78, 5) is 0. The van der Waals surface area contributed by atoms with Gasteiger partial charge in [0.1, 0.15) is 12.2 Å². The van der Waals surface area contributed by atoms with E-state index in [1.54, 1.807) is 0 Å². The fraction of sp³-hybridized carbons (Fsp3) is 1.00. The molecule has 2 unspecified atom stereocenters. The molecule has 0 bridgehead atoms. The highest BCUT2D eigenvalue weighted by Gasteiger charge is 2.35. The van der Waals surface area contributed by atoms with E-state index in [1.165, 1.54) is 0 Å². The van der Waals surface area contributed by atoms with Crippen LogP contribution in [0.5, 0.6) is 0 Å². The summed E-state index contributed by atoms with van der Waals surface area (Å²) in [6.45, 7) is 1.71. The van der Waals surface area contributed by atoms with Gasteiger partial charge in [0.05, 0.1) is 18.8 Å². The van der Waals surface area contributed by atoms with Crippen LogP contribution < -0.4 is 0 Å². The number of aliphatic hydroxyl groups excluding tert-OH is 3. The molecule has 0 aromatic heterocycles. The number of aliphatic hydroxyl groups is 3. The predicted molar refractivity (Wildman–Crippen MR) is 42.7 cm³/mol. The van der Waals surface area contributed by atoms with Crippen LogP contribution in [0.3, 0.4) is 0 Å². The van der Waals surface area contributed by atoms with E-state index in [0.717, 1.165) is 6.42 Å². The fourth-order valence-corrected chi connectivity index (χ4v) is 1.45. The lowest BCUT2D eigenvalue weighted by atomic mass is 9.97. The smallest absolute Gasteiger partial charge is 0.109 e. The van der Waals surface area contributed by atoms with E-state index in [0.29, 0.717) is 6.42 Å². The summed E-state index contributed by atoms with van der Waals surface area (Å²) < 4.78 is 5.31. The number of rotatable bonds is 2. The molecule has 0 amide bonds. The van der Waals surface area contributed by atoms with Gasteiger partial charge in [0.25, 0.3) is 0 Å². The second-order valence-corrected chi connectivity index (χ2v) is 3.18. The first-order chi connectivity index (χ1) is 5.69. The molecule has 0 aromatic carbocycles. The fourth-order valence-electron chi connectivity index (χ4n) is 1.45. The molecule has 0 saturated carbocycles. The van der Waals surface area contributed by atoms with E-state index in [-0.39, 0.29) is 12.7 Å². The molecule has 0 spiro atoms. The van der Waals surface area contributed by atoms with Crippen molar-refractivity contribution in [2.45, 2.75) is 44.2 Å². The Kier molecular flexibility index (Phi) is 3.46. The lowest BCUT2D eigenvalue weighted by Gasteiger charge is -2.35. The third-order valence-electron chi connectivity index (χ3n) is 2.28. The Morgan fingerprint density at radius 1 is 1.42 bits per heavy atom. The highest BCUT2D eigenvalue weighted by atomic mass is 16.5. The molecule has 1 rings (SSSR count). The normalized spacial score (nSPS) is 43.0. The summed E-state index contributed by atoms with van der Waals surface area (Å²) in [6, 6.07) is 0. The minimum atomic E-state index is -0.946. The highest BCUT2D eigenvalue weighted by Crippen LogP contribution is 2.21. The molecule has 3 N–H and O–H groups in total. The molecule has 12 heavy (non-hydrogen) atoms. The second kappa shape index (κ2) is 4.18. The SMILES string of the molecule is CC[C@H]1CC(O)[C@H](O)C(CO)O1. The predicted octanol–water partition coefficient (Wildman–Crippen LogP) is -0.732. The van der Waals surface area contributed by atoms with Crippen LogP contribution in [-0.4, -0.2) is 46.3 Å². The van der Waals surface area contributed by atoms with E-state index in [4.69, 9.17) is 9.84 Å². The maximum Gasteiger partial charge on any atom is 0.109 e. The summed E-state index contributed by atoms with van der Waals surface area (Å²) in [6.07, 6.45) is -1.13. The van der Waals surface area contributed by atoms with Crippen molar-refractivity contribution in [2.75, 3.05) is 6.61 Å². The standard InChI is InChI=1S/C8H16O4/c1-2-5-3-6(10)8(11)7(4-9)12-5/h5-11H,2-4H2,1H3/t5-,6?,7?,8-/m0/s1. The monoisotopic (exact) mass is 176 g/mol. The molecule has 4 heteroatoms. The Morgan fingerprint density at radius 2 is 2.08 bits per heavy atom. The van der Waals surface area contributed by atoms with Gasteiger partial charge >= 0.3 is 0 Å². The quantitative estimate of drug-likeness (QED) is 0.518. The first-order valence-corrected chi connectivity index (χ1v) is 4.31. The van der Waals surface area contributed by atoms with E-state index in [9.17, 15) is 10.2 Å². The van der Waals surface area contributed by atoms with Crippen molar-refractivity contribution >= 4 is 0 Å². The van der Waals surface area contributed by atoms with Gasteiger partial charge in [0.15, 0.2) is 0 Å². The summed E-state index contributed by atoms with van der Waals surface area (Å²) >= 11 is 0. The summed E-state index contributed by atoms with van der Waals surface area (Å²) in [5.41, 5.74) is 0. The number of hydrogen-bond acceptors (Lipinski definition) is 4. The van der Waals surface area contributed by atoms with Crippen LogP contribution in [0.25, 0.3) is 0 Å². The molecule has 1 aliphatic heterocycles. The molecule has 1 aliphatic rings. The van der Waals surface area contributed by atoms with Gasteiger partial charge in [-0.2, -0.15) is 0 Å². The van der Waals surface area contributed by atoms with Crippen molar-refractivity contribution in [3.05, 3.63) is 0 Å². The minimum Gasteiger partial charge on any atom is -0.394 e. The topological polar surface area (TPSA) is 69.9 Å². The lowest BCUT2D eigenvalue weighted by Crippen LogP contribution is -2.49. The Hall–Kier alpha value is -0.160. The van der Waals surface area contributed by atoms with Gasteiger partial charge < -0.3 is 20.1 Å². The Bertz CT molecular complexity index is 139. The Balaban J connectivity index is 2.52. The average molecular weight is 176 g/mol. The molecular weight excluding hydrogens is 160 g/mol. The first kappa shape index (κ1) is 9.92. The van der Waals surface area contributed by atoms with Gasteiger partial charge in [-0.15, -0.1) is 0 Å². The van der Waals surface area contributed by atoms with Crippen LogP contribution in [0.2, 0.25) is 0 Å². The van der Waals surface area contributed by atoms with Crippen LogP contribution >= 0.6 is 0 Å². The highest BCUT2D eigenvalue weighted by molar-refractivity contribution is 4.84. The maximum absolute atomic E-state index is 9.34. The van der Waals surface area contributed by atoms with Crippen LogP contribution in [0.15, 0.2) is 0 Å². The molecule has 4 nitrogen and oxygen atoms in total. The van der Waals surface area contributed by atoms with Crippen molar-refractivity contribution in [1.29, 1.82) is 0 Å². The van der Waals surface area contributed by atoms with E-state index >= 15 is 0 Å². The molecule has 72 valence electrons. The van der Waals surface area contributed by atoms with Gasteiger partial charge in [-0.1, -0.05) is 6.92 Å². The van der Waals surface area contributed by atoms with Crippen molar-refractivity contribution in [1.82, 2.24) is 0 Å². The van der Waals surface area contributed by atoms with Crippen molar-refractivity contribution in [3.8, 4) is 0 Å². The van der Waals surface area contributed by atoms with Gasteiger partial charge in [-0.25, -0.2) is 0 Å². The second-order valence-electron chi connectivity index (χ2n) is 3.18. The molecule has 0 aliphatic carbocycles. The van der Waals surface area contributed by atoms with Crippen LogP contribution in [0.4, 0.5) is 0 Å². The summed E-state index contributed by atoms with van der Waals surface area (Å²) in [5, 5.41) is 27.5. The third kappa shape index (κ3) is 1.95. The van der Waals surface area contributed by atoms with Gasteiger partial charge in [-0.3, -0.25) is 0 Å². The van der Waals surface area contributed by atoms with E-state index in [2.05, 4.69) is 0 Å². The zero-order chi connectivity index (χ0) is 9.14. The van der Waals surface area contributed by atoms with E-state index in [1.807, 2.05) is 6.92 Å². The lowest BCUT2D eigenvalue weighted by molar-refractivity contribution is -0.179. The number of ether oxygens (including phenoxy) is 1. The van der Waals surface area contributed by atoms with Crippen molar-refractivity contribution < 1.29 is 20.1 Å². The van der Waals surface area contributed by atoms with Crippen molar-refractivity contribution in [3.63, 3.8) is 0 Å². The zero-order valence-corrected chi connectivity index (χ0v) is 7.18. The number of hydrogen-bond donors (Lipinski definition) is 3. The molecule has 4 atom stereocenters. The molecule has 1 fully saturated rings. The molecule has 1 heterocycles. The van der Waals surface area contributed by atoms with E-state index < -0.39 is 18.3 Å². The molecule has 0 radical (unpaired) electrons. The molecular formula is C8H16O4. The van der Waals surface area contributed by atoms with Crippen molar-refractivity contribution in [2.24, 2.45) is 0 Å². The van der Waals surface area contributed by atoms with Crippen LogP contribution in [-0.2, 0) is 4.74 Å². The largest absolute Gasteiger partial charge is 0.394 e. The van der Waals surface area contributed by atoms with Crippen LogP contribution in [0, 0.1) is 0 Å². The summed E-state index contributed by atoms with van der Waals surface area (Å²) in [7, 11) is 0. The molecule has 1 saturated heterocycles. The third-order valence-corrected chi connectivity index (χ3v) is 2.28. The zero-order valence-electron chi connectivity index (χ0n) is 7.18. The van der Waals surface area contributed by atoms with Gasteiger partial charge in [0, 0.05) is 6.42 Å². The maximum atomic E-state index is 9.34. The van der Waals surface area contributed by atoms with Gasteiger partial charge in [0.2, 0.25) is 0 Å².